The summed E-state index contributed by atoms with van der Waals surface area (Å²) in [5.74, 6) is -0.215. The van der Waals surface area contributed by atoms with E-state index in [4.69, 9.17) is 4.74 Å². The minimum atomic E-state index is -1.14. The maximum Gasteiger partial charge on any atom is 0.339 e. The zero-order chi connectivity index (χ0) is 22.1. The Morgan fingerprint density at radius 2 is 1.70 bits per heavy atom. The number of aromatic carboxylic acids is 1. The maximum atomic E-state index is 11.6. The Bertz CT molecular complexity index is 811. The number of unbranched alkanes of at least 4 members (excludes halogenated alkanes) is 3. The van der Waals surface area contributed by atoms with E-state index in [-0.39, 0.29) is 17.2 Å². The van der Waals surface area contributed by atoms with Gasteiger partial charge in [-0.25, -0.2) is 4.79 Å². The largest absolute Gasteiger partial charge is 0.507 e. The molecule has 2 atom stereocenters. The molecule has 0 fully saturated rings. The predicted molar refractivity (Wildman–Crippen MR) is 122 cm³/mol. The molecule has 2 aromatic carbocycles. The SMILES string of the molecule is CCCCCCC(C)c1cc(OCc2ccc(C(C)CC)cc2)cc(C(=O)O)c1O. The van der Waals surface area contributed by atoms with Crippen LogP contribution in [-0.4, -0.2) is 16.2 Å². The van der Waals surface area contributed by atoms with Gasteiger partial charge < -0.3 is 14.9 Å². The van der Waals surface area contributed by atoms with Crippen LogP contribution in [0, 0.1) is 0 Å². The summed E-state index contributed by atoms with van der Waals surface area (Å²) in [7, 11) is 0. The van der Waals surface area contributed by atoms with E-state index in [0.29, 0.717) is 23.8 Å². The molecule has 2 aromatic rings. The van der Waals surface area contributed by atoms with E-state index in [2.05, 4.69) is 45.0 Å². The molecule has 0 saturated heterocycles. The van der Waals surface area contributed by atoms with Crippen LogP contribution in [0.1, 0.15) is 105 Å². The summed E-state index contributed by atoms with van der Waals surface area (Å²) in [6, 6.07) is 11.6. The Labute approximate surface area is 180 Å². The van der Waals surface area contributed by atoms with E-state index in [1.807, 2.05) is 6.92 Å². The lowest BCUT2D eigenvalue weighted by Gasteiger charge is -2.17. The molecule has 30 heavy (non-hydrogen) atoms. The van der Waals surface area contributed by atoms with Gasteiger partial charge in [0.25, 0.3) is 0 Å². The van der Waals surface area contributed by atoms with Gasteiger partial charge in [0.1, 0.15) is 23.7 Å². The molecule has 0 aliphatic rings. The summed E-state index contributed by atoms with van der Waals surface area (Å²) in [6.07, 6.45) is 6.58. The van der Waals surface area contributed by atoms with Crippen molar-refractivity contribution in [3.05, 3.63) is 58.7 Å². The summed E-state index contributed by atoms with van der Waals surface area (Å²) in [6.45, 7) is 8.95. The smallest absolute Gasteiger partial charge is 0.339 e. The van der Waals surface area contributed by atoms with Crippen molar-refractivity contribution in [2.45, 2.75) is 84.7 Å². The highest BCUT2D eigenvalue weighted by Crippen LogP contribution is 2.36. The second kappa shape index (κ2) is 11.6. The fourth-order valence-electron chi connectivity index (χ4n) is 3.63. The summed E-state index contributed by atoms with van der Waals surface area (Å²) in [5.41, 5.74) is 2.88. The van der Waals surface area contributed by atoms with Crippen molar-refractivity contribution in [1.29, 1.82) is 0 Å². The minimum Gasteiger partial charge on any atom is -0.507 e. The highest BCUT2D eigenvalue weighted by Gasteiger charge is 2.20. The molecule has 0 aliphatic heterocycles. The van der Waals surface area contributed by atoms with Gasteiger partial charge in [0, 0.05) is 5.56 Å². The molecule has 0 heterocycles. The molecule has 0 bridgehead atoms. The monoisotopic (exact) mass is 412 g/mol. The molecule has 4 nitrogen and oxygen atoms in total. The average molecular weight is 413 g/mol. The minimum absolute atomic E-state index is 0.0679. The van der Waals surface area contributed by atoms with Crippen LogP contribution in [0.15, 0.2) is 36.4 Å². The van der Waals surface area contributed by atoms with Gasteiger partial charge in [0.15, 0.2) is 0 Å². The van der Waals surface area contributed by atoms with Gasteiger partial charge in [-0.15, -0.1) is 0 Å². The van der Waals surface area contributed by atoms with Crippen LogP contribution >= 0.6 is 0 Å². The third-order valence-corrected chi connectivity index (χ3v) is 5.93. The topological polar surface area (TPSA) is 66.8 Å². The second-order valence-electron chi connectivity index (χ2n) is 8.30. The standard InChI is InChI=1S/C26H36O4/c1-5-7-8-9-10-19(4)23-15-22(16-24(25(23)27)26(28)29)30-17-20-11-13-21(14-12-20)18(3)6-2/h11-16,18-19,27H,5-10,17H2,1-4H3,(H,28,29). The van der Waals surface area contributed by atoms with Gasteiger partial charge in [0.2, 0.25) is 0 Å². The van der Waals surface area contributed by atoms with Crippen molar-refractivity contribution in [3.63, 3.8) is 0 Å². The number of phenols is 1. The van der Waals surface area contributed by atoms with Crippen molar-refractivity contribution in [3.8, 4) is 11.5 Å². The van der Waals surface area contributed by atoms with Crippen LogP contribution in [0.2, 0.25) is 0 Å². The number of carboxylic acid groups (broad SMARTS) is 1. The normalized spacial score (nSPS) is 13.1. The van der Waals surface area contributed by atoms with E-state index in [9.17, 15) is 15.0 Å². The molecule has 0 aliphatic carbocycles. The number of aromatic hydroxyl groups is 1. The second-order valence-corrected chi connectivity index (χ2v) is 8.30. The van der Waals surface area contributed by atoms with Crippen LogP contribution < -0.4 is 4.74 Å². The molecule has 2 rings (SSSR count). The Morgan fingerprint density at radius 1 is 1.00 bits per heavy atom. The summed E-state index contributed by atoms with van der Waals surface area (Å²) < 4.78 is 5.92. The first-order valence-corrected chi connectivity index (χ1v) is 11.2. The lowest BCUT2D eigenvalue weighted by molar-refractivity contribution is 0.0693. The van der Waals surface area contributed by atoms with Gasteiger partial charge in [0.05, 0.1) is 0 Å². The molecule has 0 saturated carbocycles. The summed E-state index contributed by atoms with van der Waals surface area (Å²) in [4.78, 5) is 11.6. The molecule has 2 unspecified atom stereocenters. The number of carboxylic acids is 1. The van der Waals surface area contributed by atoms with Crippen LogP contribution in [0.5, 0.6) is 11.5 Å². The zero-order valence-corrected chi connectivity index (χ0v) is 18.8. The third-order valence-electron chi connectivity index (χ3n) is 5.93. The Kier molecular flexibility index (Phi) is 9.22. The van der Waals surface area contributed by atoms with Crippen LogP contribution in [0.4, 0.5) is 0 Å². The van der Waals surface area contributed by atoms with Crippen molar-refractivity contribution in [2.75, 3.05) is 0 Å². The molecule has 4 heteroatoms. The lowest BCUT2D eigenvalue weighted by Crippen LogP contribution is -2.05. The van der Waals surface area contributed by atoms with E-state index in [0.717, 1.165) is 31.2 Å². The van der Waals surface area contributed by atoms with Crippen molar-refractivity contribution in [2.24, 2.45) is 0 Å². The lowest BCUT2D eigenvalue weighted by atomic mass is 9.92. The van der Waals surface area contributed by atoms with E-state index >= 15 is 0 Å². The number of carbonyl (C=O) groups is 1. The zero-order valence-electron chi connectivity index (χ0n) is 18.8. The number of benzene rings is 2. The van der Waals surface area contributed by atoms with Crippen LogP contribution in [0.3, 0.4) is 0 Å². The molecule has 0 amide bonds. The van der Waals surface area contributed by atoms with E-state index < -0.39 is 5.97 Å². The van der Waals surface area contributed by atoms with Crippen LogP contribution in [-0.2, 0) is 6.61 Å². The first-order valence-electron chi connectivity index (χ1n) is 11.2. The van der Waals surface area contributed by atoms with Gasteiger partial charge in [-0.3, -0.25) is 0 Å². The highest BCUT2D eigenvalue weighted by atomic mass is 16.5. The van der Waals surface area contributed by atoms with Gasteiger partial charge >= 0.3 is 5.97 Å². The Morgan fingerprint density at radius 3 is 2.30 bits per heavy atom. The maximum absolute atomic E-state index is 11.6. The fourth-order valence-corrected chi connectivity index (χ4v) is 3.63. The van der Waals surface area contributed by atoms with Gasteiger partial charge in [-0.05, 0) is 47.9 Å². The van der Waals surface area contributed by atoms with E-state index in [1.54, 1.807) is 6.07 Å². The average Bonchev–Trinajstić information content (AvgIpc) is 2.75. The molecule has 164 valence electrons. The molecular formula is C26H36O4. The van der Waals surface area contributed by atoms with Crippen molar-refractivity contribution < 1.29 is 19.7 Å². The fraction of sp³-hybridized carbons (Fsp3) is 0.500. The Hall–Kier alpha value is -2.49. The molecule has 2 N–H and O–H groups in total. The van der Waals surface area contributed by atoms with Crippen molar-refractivity contribution >= 4 is 5.97 Å². The van der Waals surface area contributed by atoms with Gasteiger partial charge in [-0.2, -0.15) is 0 Å². The van der Waals surface area contributed by atoms with Crippen LogP contribution in [0.25, 0.3) is 0 Å². The molecule has 0 aromatic heterocycles. The molecule has 0 spiro atoms. The van der Waals surface area contributed by atoms with Gasteiger partial charge in [-0.1, -0.05) is 77.6 Å². The quantitative estimate of drug-likeness (QED) is 0.360. The predicted octanol–water partition coefficient (Wildman–Crippen LogP) is 7.26. The van der Waals surface area contributed by atoms with E-state index in [1.165, 1.54) is 24.5 Å². The first-order chi connectivity index (χ1) is 14.4. The Balaban J connectivity index is 2.14. The summed E-state index contributed by atoms with van der Waals surface area (Å²) >= 11 is 0. The molecule has 0 radical (unpaired) electrons. The first kappa shape index (κ1) is 23.8. The molecular weight excluding hydrogens is 376 g/mol. The highest BCUT2D eigenvalue weighted by molar-refractivity contribution is 5.92. The number of hydrogen-bond donors (Lipinski definition) is 2. The third kappa shape index (κ3) is 6.51. The summed E-state index contributed by atoms with van der Waals surface area (Å²) in [5, 5.41) is 20.0. The number of ether oxygens (including phenoxy) is 1. The number of hydrogen-bond acceptors (Lipinski definition) is 3. The number of rotatable bonds is 12. The van der Waals surface area contributed by atoms with Crippen molar-refractivity contribution in [1.82, 2.24) is 0 Å².